The maximum Gasteiger partial charge on any atom is 0.297 e. The molecule has 0 amide bonds. The van der Waals surface area contributed by atoms with Crippen LogP contribution in [0.15, 0.2) is 29.2 Å². The Kier molecular flexibility index (Phi) is 4.43. The first-order valence-electron chi connectivity index (χ1n) is 5.97. The summed E-state index contributed by atoms with van der Waals surface area (Å²) in [6.45, 7) is 1.47. The second kappa shape index (κ2) is 5.76. The van der Waals surface area contributed by atoms with E-state index < -0.39 is 34.7 Å². The van der Waals surface area contributed by atoms with Crippen LogP contribution in [0.5, 0.6) is 0 Å². The van der Waals surface area contributed by atoms with Crippen molar-refractivity contribution in [2.24, 2.45) is 0 Å². The second-order valence-electron chi connectivity index (χ2n) is 4.61. The van der Waals surface area contributed by atoms with Crippen LogP contribution in [0.4, 0.5) is 0 Å². The zero-order valence-corrected chi connectivity index (χ0v) is 11.5. The van der Waals surface area contributed by atoms with Crippen molar-refractivity contribution in [3.8, 4) is 0 Å². The smallest absolute Gasteiger partial charge is 0.297 e. The molecular weight excluding hydrogens is 288 g/mol. The summed E-state index contributed by atoms with van der Waals surface area (Å²) < 4.78 is 33.6. The lowest BCUT2D eigenvalue weighted by molar-refractivity contribution is -0.247. The van der Waals surface area contributed by atoms with Crippen molar-refractivity contribution in [3.05, 3.63) is 29.8 Å². The Hall–Kier alpha value is -1.03. The Balaban J connectivity index is 2.14. The highest BCUT2D eigenvalue weighted by Crippen LogP contribution is 2.21. The molecule has 20 heavy (non-hydrogen) atoms. The maximum absolute atomic E-state index is 12.0. The van der Waals surface area contributed by atoms with E-state index in [9.17, 15) is 23.7 Å². The average Bonchev–Trinajstić information content (AvgIpc) is 2.40. The summed E-state index contributed by atoms with van der Waals surface area (Å²) in [7, 11) is -4.08. The number of hydrogen-bond donors (Lipinski definition) is 3. The zero-order valence-electron chi connectivity index (χ0n) is 10.7. The fraction of sp³-hybridized carbons (Fsp3) is 0.500. The van der Waals surface area contributed by atoms with Crippen LogP contribution in [0.3, 0.4) is 0 Å². The quantitative estimate of drug-likeness (QED) is 0.623. The van der Waals surface area contributed by atoms with E-state index in [-0.39, 0.29) is 11.5 Å². The van der Waals surface area contributed by atoms with E-state index in [0.717, 1.165) is 5.56 Å². The van der Waals surface area contributed by atoms with E-state index in [1.807, 2.05) is 6.92 Å². The molecule has 4 atom stereocenters. The number of aliphatic hydroxyl groups is 3. The third kappa shape index (κ3) is 3.17. The largest absolute Gasteiger partial charge is 0.387 e. The van der Waals surface area contributed by atoms with Gasteiger partial charge in [-0.05, 0) is 19.1 Å². The van der Waals surface area contributed by atoms with Crippen LogP contribution in [-0.2, 0) is 19.0 Å². The Morgan fingerprint density at radius 1 is 1.15 bits per heavy atom. The molecule has 2 rings (SSSR count). The van der Waals surface area contributed by atoms with Crippen LogP contribution < -0.4 is 0 Å². The molecule has 1 aliphatic heterocycles. The number of rotatable bonds is 3. The molecule has 4 unspecified atom stereocenters. The second-order valence-corrected chi connectivity index (χ2v) is 6.18. The highest BCUT2D eigenvalue weighted by Gasteiger charge is 2.40. The van der Waals surface area contributed by atoms with Gasteiger partial charge in [-0.2, -0.15) is 8.42 Å². The van der Waals surface area contributed by atoms with Crippen molar-refractivity contribution in [3.63, 3.8) is 0 Å². The molecule has 112 valence electrons. The van der Waals surface area contributed by atoms with Crippen molar-refractivity contribution in [2.75, 3.05) is 6.61 Å². The molecule has 0 aromatic heterocycles. The minimum absolute atomic E-state index is 0.0593. The summed E-state index contributed by atoms with van der Waals surface area (Å²) in [5, 5.41) is 28.3. The summed E-state index contributed by atoms with van der Waals surface area (Å²) >= 11 is 0. The van der Waals surface area contributed by atoms with Crippen molar-refractivity contribution >= 4 is 10.1 Å². The highest BCUT2D eigenvalue weighted by atomic mass is 32.2. The van der Waals surface area contributed by atoms with E-state index in [2.05, 4.69) is 0 Å². The predicted octanol–water partition coefficient (Wildman–Crippen LogP) is -0.861. The standard InChI is InChI=1S/C12H16O7S/c1-7-2-4-8(5-3-7)20(16,17)19-9-6-18-12(15)11(14)10(9)13/h2-5,9-15H,6H2,1H3. The minimum atomic E-state index is -4.08. The molecule has 0 saturated carbocycles. The van der Waals surface area contributed by atoms with Gasteiger partial charge in [-0.1, -0.05) is 17.7 Å². The fourth-order valence-corrected chi connectivity index (χ4v) is 2.86. The summed E-state index contributed by atoms with van der Waals surface area (Å²) in [5.74, 6) is 0. The molecule has 3 N–H and O–H groups in total. The Morgan fingerprint density at radius 2 is 1.75 bits per heavy atom. The topological polar surface area (TPSA) is 113 Å². The van der Waals surface area contributed by atoms with Crippen molar-refractivity contribution < 1.29 is 32.7 Å². The molecule has 1 aromatic carbocycles. The first-order chi connectivity index (χ1) is 9.31. The monoisotopic (exact) mass is 304 g/mol. The zero-order chi connectivity index (χ0) is 14.9. The maximum atomic E-state index is 12.0. The van der Waals surface area contributed by atoms with Gasteiger partial charge in [0.1, 0.15) is 18.3 Å². The van der Waals surface area contributed by atoms with Crippen LogP contribution in [0, 0.1) is 6.92 Å². The molecule has 1 saturated heterocycles. The summed E-state index contributed by atoms with van der Waals surface area (Å²) in [4.78, 5) is -0.0593. The van der Waals surface area contributed by atoms with Gasteiger partial charge >= 0.3 is 0 Å². The van der Waals surface area contributed by atoms with E-state index >= 15 is 0 Å². The van der Waals surface area contributed by atoms with E-state index in [0.29, 0.717) is 0 Å². The predicted molar refractivity (Wildman–Crippen MR) is 67.2 cm³/mol. The van der Waals surface area contributed by atoms with E-state index in [1.54, 1.807) is 12.1 Å². The van der Waals surface area contributed by atoms with Crippen LogP contribution in [0.1, 0.15) is 5.56 Å². The Bertz CT molecular complexity index is 554. The lowest BCUT2D eigenvalue weighted by Gasteiger charge is -2.34. The molecule has 1 aromatic rings. The van der Waals surface area contributed by atoms with E-state index in [4.69, 9.17) is 8.92 Å². The molecule has 0 radical (unpaired) electrons. The molecule has 0 spiro atoms. The summed E-state index contributed by atoms with van der Waals surface area (Å²) in [6.07, 6.45) is -6.02. The molecule has 7 nitrogen and oxygen atoms in total. The lowest BCUT2D eigenvalue weighted by Crippen LogP contribution is -2.54. The van der Waals surface area contributed by atoms with Crippen LogP contribution >= 0.6 is 0 Å². The molecule has 0 bridgehead atoms. The Labute approximate surface area is 116 Å². The summed E-state index contributed by atoms with van der Waals surface area (Å²) in [6, 6.07) is 5.99. The number of aliphatic hydroxyl groups excluding tert-OH is 3. The SMILES string of the molecule is Cc1ccc(S(=O)(=O)OC2COC(O)C(O)C2O)cc1. The molecular formula is C12H16O7S. The number of ether oxygens (including phenoxy) is 1. The minimum Gasteiger partial charge on any atom is -0.387 e. The number of hydrogen-bond acceptors (Lipinski definition) is 7. The van der Waals surface area contributed by atoms with Crippen molar-refractivity contribution in [2.45, 2.75) is 36.4 Å². The van der Waals surface area contributed by atoms with Gasteiger partial charge in [0.2, 0.25) is 0 Å². The third-order valence-corrected chi connectivity index (χ3v) is 4.36. The average molecular weight is 304 g/mol. The van der Waals surface area contributed by atoms with Gasteiger partial charge in [0.05, 0.1) is 11.5 Å². The molecule has 8 heteroatoms. The highest BCUT2D eigenvalue weighted by molar-refractivity contribution is 7.86. The molecule has 1 heterocycles. The van der Waals surface area contributed by atoms with E-state index in [1.165, 1.54) is 12.1 Å². The number of aryl methyl sites for hydroxylation is 1. The van der Waals surface area contributed by atoms with Gasteiger partial charge in [-0.15, -0.1) is 0 Å². The lowest BCUT2D eigenvalue weighted by atomic mass is 10.1. The molecule has 1 fully saturated rings. The third-order valence-electron chi connectivity index (χ3n) is 3.01. The Morgan fingerprint density at radius 3 is 2.35 bits per heavy atom. The fourth-order valence-electron chi connectivity index (χ4n) is 1.79. The van der Waals surface area contributed by atoms with Gasteiger partial charge in [0.15, 0.2) is 6.29 Å². The summed E-state index contributed by atoms with van der Waals surface area (Å²) in [5.41, 5.74) is 0.892. The van der Waals surface area contributed by atoms with Gasteiger partial charge in [0.25, 0.3) is 10.1 Å². The van der Waals surface area contributed by atoms with Crippen molar-refractivity contribution in [1.82, 2.24) is 0 Å². The van der Waals surface area contributed by atoms with Crippen molar-refractivity contribution in [1.29, 1.82) is 0 Å². The first-order valence-corrected chi connectivity index (χ1v) is 7.38. The van der Waals surface area contributed by atoms with Gasteiger partial charge in [0, 0.05) is 0 Å². The first kappa shape index (κ1) is 15.4. The van der Waals surface area contributed by atoms with Crippen LogP contribution in [0.2, 0.25) is 0 Å². The van der Waals surface area contributed by atoms with Gasteiger partial charge in [-0.25, -0.2) is 0 Å². The normalized spacial score (nSPS) is 31.2. The molecule has 0 aliphatic carbocycles. The van der Waals surface area contributed by atoms with Crippen LogP contribution in [-0.4, -0.2) is 54.9 Å². The van der Waals surface area contributed by atoms with Crippen LogP contribution in [0.25, 0.3) is 0 Å². The number of benzene rings is 1. The van der Waals surface area contributed by atoms with Gasteiger partial charge < -0.3 is 20.1 Å². The molecule has 1 aliphatic rings. The van der Waals surface area contributed by atoms with Gasteiger partial charge in [-0.3, -0.25) is 4.18 Å².